The van der Waals surface area contributed by atoms with Crippen molar-refractivity contribution in [1.29, 1.82) is 0 Å². The topological polar surface area (TPSA) is 64.1 Å². The summed E-state index contributed by atoms with van der Waals surface area (Å²) in [5, 5.41) is 3.52. The van der Waals surface area contributed by atoms with Gasteiger partial charge in [-0.25, -0.2) is 14.8 Å². The molecule has 1 heterocycles. The lowest BCUT2D eigenvalue weighted by Gasteiger charge is -2.21. The van der Waals surface area contributed by atoms with E-state index in [9.17, 15) is 4.79 Å². The average Bonchev–Trinajstić information content (AvgIpc) is 2.34. The standard InChI is InChI=1S/C17H22BrN3O2/c1-16(2,3)14-19-12-9-10(18)7-8-11(12)13(20-14)21-15(22)23-17(4,5)6/h7-9H,1-6H3,(H,19,20,21,22). The van der Waals surface area contributed by atoms with Gasteiger partial charge in [-0.2, -0.15) is 0 Å². The Morgan fingerprint density at radius 1 is 1.13 bits per heavy atom. The maximum atomic E-state index is 12.1. The third kappa shape index (κ3) is 4.64. The second-order valence-electron chi connectivity index (χ2n) is 7.43. The van der Waals surface area contributed by atoms with E-state index >= 15 is 0 Å². The molecular weight excluding hydrogens is 358 g/mol. The first-order valence-corrected chi connectivity index (χ1v) is 8.23. The lowest BCUT2D eigenvalue weighted by Crippen LogP contribution is -2.28. The number of aromatic nitrogens is 2. The third-order valence-corrected chi connectivity index (χ3v) is 3.44. The minimum Gasteiger partial charge on any atom is -0.444 e. The molecule has 0 saturated heterocycles. The number of carbonyl (C=O) groups is 1. The Balaban J connectivity index is 2.50. The average molecular weight is 380 g/mol. The fourth-order valence-corrected chi connectivity index (χ4v) is 2.28. The zero-order chi connectivity index (χ0) is 17.4. The molecule has 0 aliphatic heterocycles. The molecule has 0 aliphatic carbocycles. The lowest BCUT2D eigenvalue weighted by atomic mass is 9.95. The van der Waals surface area contributed by atoms with Crippen LogP contribution in [0, 0.1) is 0 Å². The first-order valence-electron chi connectivity index (χ1n) is 7.43. The van der Waals surface area contributed by atoms with Crippen LogP contribution in [0.25, 0.3) is 10.9 Å². The number of rotatable bonds is 1. The summed E-state index contributed by atoms with van der Waals surface area (Å²) in [4.78, 5) is 21.2. The molecule has 0 fully saturated rings. The highest BCUT2D eigenvalue weighted by atomic mass is 79.9. The summed E-state index contributed by atoms with van der Waals surface area (Å²) in [7, 11) is 0. The van der Waals surface area contributed by atoms with Gasteiger partial charge in [-0.1, -0.05) is 36.7 Å². The van der Waals surface area contributed by atoms with Gasteiger partial charge < -0.3 is 4.74 Å². The molecule has 0 atom stereocenters. The van der Waals surface area contributed by atoms with Crippen molar-refractivity contribution in [3.8, 4) is 0 Å². The Labute approximate surface area is 145 Å². The van der Waals surface area contributed by atoms with E-state index < -0.39 is 11.7 Å². The van der Waals surface area contributed by atoms with Gasteiger partial charge in [0.05, 0.1) is 5.52 Å². The van der Waals surface area contributed by atoms with Gasteiger partial charge in [-0.3, -0.25) is 5.32 Å². The van der Waals surface area contributed by atoms with E-state index in [1.807, 2.05) is 59.7 Å². The zero-order valence-corrected chi connectivity index (χ0v) is 15.9. The molecule has 0 bridgehead atoms. The number of nitrogens with one attached hydrogen (secondary N) is 1. The molecule has 0 radical (unpaired) electrons. The number of amides is 1. The number of carbonyl (C=O) groups excluding carboxylic acids is 1. The lowest BCUT2D eigenvalue weighted by molar-refractivity contribution is 0.0635. The molecule has 1 amide bonds. The van der Waals surface area contributed by atoms with Gasteiger partial charge in [0.1, 0.15) is 17.2 Å². The van der Waals surface area contributed by atoms with Crippen molar-refractivity contribution in [2.45, 2.75) is 52.6 Å². The summed E-state index contributed by atoms with van der Waals surface area (Å²) < 4.78 is 6.24. The SMILES string of the molecule is CC(C)(C)OC(=O)Nc1nc(C(C)(C)C)nc2cc(Br)ccc12. The highest BCUT2D eigenvalue weighted by molar-refractivity contribution is 9.10. The molecule has 2 rings (SSSR count). The van der Waals surface area contributed by atoms with Gasteiger partial charge in [0, 0.05) is 15.3 Å². The largest absolute Gasteiger partial charge is 0.444 e. The molecule has 6 heteroatoms. The molecule has 124 valence electrons. The molecule has 0 saturated carbocycles. The Bertz CT molecular complexity index is 746. The van der Waals surface area contributed by atoms with Crippen molar-refractivity contribution < 1.29 is 9.53 Å². The highest BCUT2D eigenvalue weighted by Crippen LogP contribution is 2.28. The van der Waals surface area contributed by atoms with Gasteiger partial charge >= 0.3 is 6.09 Å². The van der Waals surface area contributed by atoms with Gasteiger partial charge in [0.25, 0.3) is 0 Å². The normalized spacial score (nSPS) is 12.3. The first-order chi connectivity index (χ1) is 10.5. The van der Waals surface area contributed by atoms with Crippen molar-refractivity contribution in [3.63, 3.8) is 0 Å². The molecule has 0 aliphatic rings. The quantitative estimate of drug-likeness (QED) is 0.753. The van der Waals surface area contributed by atoms with Crippen LogP contribution < -0.4 is 5.32 Å². The number of fused-ring (bicyclic) bond motifs is 1. The molecule has 0 unspecified atom stereocenters. The predicted molar refractivity (Wildman–Crippen MR) is 95.8 cm³/mol. The monoisotopic (exact) mass is 379 g/mol. The maximum absolute atomic E-state index is 12.1. The Hall–Kier alpha value is -1.69. The van der Waals surface area contributed by atoms with Crippen LogP contribution in [0.4, 0.5) is 10.6 Å². The first kappa shape index (κ1) is 17.7. The van der Waals surface area contributed by atoms with Crippen LogP contribution in [0.15, 0.2) is 22.7 Å². The van der Waals surface area contributed by atoms with E-state index in [1.54, 1.807) is 0 Å². The Morgan fingerprint density at radius 3 is 2.35 bits per heavy atom. The molecule has 1 N–H and O–H groups in total. The number of hydrogen-bond acceptors (Lipinski definition) is 4. The zero-order valence-electron chi connectivity index (χ0n) is 14.3. The van der Waals surface area contributed by atoms with Crippen molar-refractivity contribution in [2.24, 2.45) is 0 Å². The third-order valence-electron chi connectivity index (χ3n) is 2.95. The van der Waals surface area contributed by atoms with Gasteiger partial charge in [0.2, 0.25) is 0 Å². The van der Waals surface area contributed by atoms with Crippen LogP contribution in [0.5, 0.6) is 0 Å². The van der Waals surface area contributed by atoms with Gasteiger partial charge in [-0.05, 0) is 39.0 Å². The number of ether oxygens (including phenoxy) is 1. The summed E-state index contributed by atoms with van der Waals surface area (Å²) >= 11 is 3.45. The molecule has 5 nitrogen and oxygen atoms in total. The molecular formula is C17H22BrN3O2. The second-order valence-corrected chi connectivity index (χ2v) is 8.35. The van der Waals surface area contributed by atoms with E-state index in [0.29, 0.717) is 11.6 Å². The predicted octanol–water partition coefficient (Wildman–Crippen LogP) is 5.04. The smallest absolute Gasteiger partial charge is 0.413 e. The van der Waals surface area contributed by atoms with E-state index in [1.165, 1.54) is 0 Å². The van der Waals surface area contributed by atoms with Crippen molar-refractivity contribution >= 4 is 38.7 Å². The second kappa shape index (κ2) is 6.07. The summed E-state index contributed by atoms with van der Waals surface area (Å²) in [6, 6.07) is 5.67. The van der Waals surface area contributed by atoms with Crippen LogP contribution in [-0.4, -0.2) is 21.7 Å². The Kier molecular flexibility index (Phi) is 4.66. The van der Waals surface area contributed by atoms with Crippen LogP contribution in [0.1, 0.15) is 47.4 Å². The molecule has 1 aromatic heterocycles. The summed E-state index contributed by atoms with van der Waals surface area (Å²) in [5.41, 5.74) is -0.0331. The van der Waals surface area contributed by atoms with Crippen LogP contribution in [-0.2, 0) is 10.2 Å². The molecule has 2 aromatic rings. The van der Waals surface area contributed by atoms with Gasteiger partial charge in [-0.15, -0.1) is 0 Å². The maximum Gasteiger partial charge on any atom is 0.413 e. The van der Waals surface area contributed by atoms with Crippen LogP contribution >= 0.6 is 15.9 Å². The molecule has 0 spiro atoms. The van der Waals surface area contributed by atoms with E-state index in [-0.39, 0.29) is 5.41 Å². The van der Waals surface area contributed by atoms with E-state index in [0.717, 1.165) is 15.4 Å². The number of hydrogen-bond donors (Lipinski definition) is 1. The summed E-state index contributed by atoms with van der Waals surface area (Å²) in [6.45, 7) is 11.6. The van der Waals surface area contributed by atoms with E-state index in [2.05, 4.69) is 31.2 Å². The van der Waals surface area contributed by atoms with Crippen molar-refractivity contribution in [2.75, 3.05) is 5.32 Å². The fraction of sp³-hybridized carbons (Fsp3) is 0.471. The number of anilines is 1. The minimum atomic E-state index is -0.567. The van der Waals surface area contributed by atoms with Gasteiger partial charge in [0.15, 0.2) is 0 Å². The summed E-state index contributed by atoms with van der Waals surface area (Å²) in [6.07, 6.45) is -0.528. The van der Waals surface area contributed by atoms with Crippen molar-refractivity contribution in [1.82, 2.24) is 9.97 Å². The van der Waals surface area contributed by atoms with Crippen LogP contribution in [0.2, 0.25) is 0 Å². The highest BCUT2D eigenvalue weighted by Gasteiger charge is 2.22. The number of halogens is 1. The number of benzene rings is 1. The molecule has 23 heavy (non-hydrogen) atoms. The fourth-order valence-electron chi connectivity index (χ4n) is 1.93. The van der Waals surface area contributed by atoms with Crippen LogP contribution in [0.3, 0.4) is 0 Å². The summed E-state index contributed by atoms with van der Waals surface area (Å²) in [5.74, 6) is 1.12. The minimum absolute atomic E-state index is 0.235. The number of nitrogens with zero attached hydrogens (tertiary/aromatic N) is 2. The van der Waals surface area contributed by atoms with Crippen molar-refractivity contribution in [3.05, 3.63) is 28.5 Å². The Morgan fingerprint density at radius 2 is 1.78 bits per heavy atom. The van der Waals surface area contributed by atoms with E-state index in [4.69, 9.17) is 4.74 Å². The molecule has 1 aromatic carbocycles.